The van der Waals surface area contributed by atoms with Crippen LogP contribution in [0.5, 0.6) is 0 Å². The summed E-state index contributed by atoms with van der Waals surface area (Å²) in [4.78, 5) is 4.54. The Morgan fingerprint density at radius 3 is 2.88 bits per heavy atom. The van der Waals surface area contributed by atoms with E-state index in [1.165, 1.54) is 3.57 Å². The van der Waals surface area contributed by atoms with Crippen LogP contribution in [0.3, 0.4) is 0 Å². The molecule has 1 aromatic carbocycles. The van der Waals surface area contributed by atoms with Crippen LogP contribution in [0.25, 0.3) is 10.9 Å². The number of fused-ring (bicyclic) bond motifs is 1. The molecule has 0 amide bonds. The molecule has 1 aromatic heterocycles. The summed E-state index contributed by atoms with van der Waals surface area (Å²) in [5, 5.41) is 9.30. The molecule has 88 valence electrons. The van der Waals surface area contributed by atoms with Crippen molar-refractivity contribution in [2.45, 2.75) is 26.7 Å². The number of halogens is 1. The first kappa shape index (κ1) is 12.5. The molecule has 0 aliphatic carbocycles. The molecule has 0 saturated carbocycles. The summed E-state index contributed by atoms with van der Waals surface area (Å²) in [6.07, 6.45) is 1.83. The molecule has 2 rings (SSSR count). The van der Waals surface area contributed by atoms with E-state index in [-0.39, 0.29) is 0 Å². The average Bonchev–Trinajstić information content (AvgIpc) is 2.28. The second kappa shape index (κ2) is 5.12. The van der Waals surface area contributed by atoms with Crippen molar-refractivity contribution in [2.24, 2.45) is 0 Å². The minimum absolute atomic E-state index is 0.715. The summed E-state index contributed by atoms with van der Waals surface area (Å²) in [5.74, 6) is 0. The summed E-state index contributed by atoms with van der Waals surface area (Å²) in [6.45, 7) is 4.10. The monoisotopic (exact) mass is 338 g/mol. The smallest absolute Gasteiger partial charge is 0.0722 e. The van der Waals surface area contributed by atoms with Gasteiger partial charge in [0.25, 0.3) is 0 Å². The Kier molecular flexibility index (Phi) is 3.76. The van der Waals surface area contributed by atoms with Gasteiger partial charge >= 0.3 is 0 Å². The van der Waals surface area contributed by atoms with Crippen LogP contribution in [0.1, 0.15) is 31.0 Å². The summed E-state index contributed by atoms with van der Waals surface area (Å²) in [7, 11) is 0. The number of aromatic nitrogens is 1. The third kappa shape index (κ3) is 2.49. The van der Waals surface area contributed by atoms with Crippen molar-refractivity contribution in [3.05, 3.63) is 39.1 Å². The second-order valence-corrected chi connectivity index (χ2v) is 5.34. The van der Waals surface area contributed by atoms with E-state index < -0.39 is 0 Å². The maximum absolute atomic E-state index is 8.17. The first-order valence-electron chi connectivity index (χ1n) is 5.77. The number of benzene rings is 1. The Bertz CT molecular complexity index is 576. The standard InChI is InChI=1S/C14H15IN2/c1-3-5-12(16)10-8-9(2)17-13-7-4-6-11(15)14(10)13/h4,6-8,16H,3,5H2,1-2H3. The normalized spacial score (nSPS) is 10.8. The first-order valence-corrected chi connectivity index (χ1v) is 6.85. The Balaban J connectivity index is 2.72. The van der Waals surface area contributed by atoms with Gasteiger partial charge in [0.2, 0.25) is 0 Å². The fourth-order valence-electron chi connectivity index (χ4n) is 2.00. The van der Waals surface area contributed by atoms with Crippen LogP contribution in [-0.4, -0.2) is 10.7 Å². The number of nitrogens with zero attached hydrogens (tertiary/aromatic N) is 1. The summed E-state index contributed by atoms with van der Waals surface area (Å²) >= 11 is 2.32. The summed E-state index contributed by atoms with van der Waals surface area (Å²) < 4.78 is 1.17. The van der Waals surface area contributed by atoms with Gasteiger partial charge in [0, 0.05) is 25.9 Å². The Morgan fingerprint density at radius 1 is 1.41 bits per heavy atom. The molecule has 17 heavy (non-hydrogen) atoms. The van der Waals surface area contributed by atoms with Gasteiger partial charge in [-0.15, -0.1) is 0 Å². The minimum Gasteiger partial charge on any atom is -0.305 e. The SMILES string of the molecule is CCCC(=N)c1cc(C)nc2cccc(I)c12. The third-order valence-corrected chi connectivity index (χ3v) is 3.64. The zero-order valence-corrected chi connectivity index (χ0v) is 12.2. The van der Waals surface area contributed by atoms with Gasteiger partial charge < -0.3 is 5.41 Å². The molecule has 1 heterocycles. The number of hydrogen-bond acceptors (Lipinski definition) is 2. The molecule has 2 aromatic rings. The fourth-order valence-corrected chi connectivity index (χ4v) is 2.77. The molecule has 0 aliphatic heterocycles. The Hall–Kier alpha value is -0.970. The van der Waals surface area contributed by atoms with Crippen molar-refractivity contribution in [1.82, 2.24) is 4.98 Å². The quantitative estimate of drug-likeness (QED) is 0.657. The third-order valence-electron chi connectivity index (χ3n) is 2.74. The molecular formula is C14H15IN2. The molecule has 0 bridgehead atoms. The van der Waals surface area contributed by atoms with E-state index in [0.717, 1.165) is 35.0 Å². The predicted molar refractivity (Wildman–Crippen MR) is 80.9 cm³/mol. The Morgan fingerprint density at radius 2 is 2.18 bits per heavy atom. The van der Waals surface area contributed by atoms with Crippen molar-refractivity contribution in [3.8, 4) is 0 Å². The topological polar surface area (TPSA) is 36.7 Å². The first-order chi connectivity index (χ1) is 8.13. The number of rotatable bonds is 3. The molecule has 0 fully saturated rings. The minimum atomic E-state index is 0.715. The molecule has 0 atom stereocenters. The van der Waals surface area contributed by atoms with Gasteiger partial charge in [-0.25, -0.2) is 0 Å². The molecule has 0 radical (unpaired) electrons. The van der Waals surface area contributed by atoms with Gasteiger partial charge in [-0.05, 0) is 54.1 Å². The lowest BCUT2D eigenvalue weighted by Crippen LogP contribution is -2.02. The largest absolute Gasteiger partial charge is 0.305 e. The van der Waals surface area contributed by atoms with E-state index in [1.54, 1.807) is 0 Å². The maximum atomic E-state index is 8.17. The van der Waals surface area contributed by atoms with Crippen LogP contribution in [0, 0.1) is 15.9 Å². The molecule has 2 nitrogen and oxygen atoms in total. The van der Waals surface area contributed by atoms with Crippen LogP contribution in [-0.2, 0) is 0 Å². The highest BCUT2D eigenvalue weighted by molar-refractivity contribution is 14.1. The molecule has 0 saturated heterocycles. The van der Waals surface area contributed by atoms with Gasteiger partial charge in [0.15, 0.2) is 0 Å². The van der Waals surface area contributed by atoms with Gasteiger partial charge in [-0.2, -0.15) is 0 Å². The highest BCUT2D eigenvalue weighted by Gasteiger charge is 2.10. The lowest BCUT2D eigenvalue weighted by Gasteiger charge is -2.10. The van der Waals surface area contributed by atoms with Crippen molar-refractivity contribution in [3.63, 3.8) is 0 Å². The fraction of sp³-hybridized carbons (Fsp3) is 0.286. The van der Waals surface area contributed by atoms with Crippen molar-refractivity contribution in [2.75, 3.05) is 0 Å². The summed E-state index contributed by atoms with van der Waals surface area (Å²) in [6, 6.07) is 8.14. The van der Waals surface area contributed by atoms with Gasteiger partial charge in [0.1, 0.15) is 0 Å². The number of nitrogens with one attached hydrogen (secondary N) is 1. The molecule has 0 spiro atoms. The van der Waals surface area contributed by atoms with E-state index in [2.05, 4.69) is 40.6 Å². The average molecular weight is 338 g/mol. The summed E-state index contributed by atoms with van der Waals surface area (Å²) in [5.41, 5.74) is 3.73. The zero-order valence-electron chi connectivity index (χ0n) is 10.0. The number of aryl methyl sites for hydroxylation is 1. The molecule has 3 heteroatoms. The van der Waals surface area contributed by atoms with E-state index >= 15 is 0 Å². The highest BCUT2D eigenvalue weighted by Crippen LogP contribution is 2.25. The number of hydrogen-bond donors (Lipinski definition) is 1. The molecular weight excluding hydrogens is 323 g/mol. The van der Waals surface area contributed by atoms with Crippen LogP contribution >= 0.6 is 22.6 Å². The van der Waals surface area contributed by atoms with Gasteiger partial charge in [-0.1, -0.05) is 19.4 Å². The van der Waals surface area contributed by atoms with Crippen LogP contribution in [0.15, 0.2) is 24.3 Å². The molecule has 1 N–H and O–H groups in total. The van der Waals surface area contributed by atoms with E-state index in [4.69, 9.17) is 5.41 Å². The molecule has 0 aliphatic rings. The van der Waals surface area contributed by atoms with Crippen LogP contribution in [0.2, 0.25) is 0 Å². The van der Waals surface area contributed by atoms with E-state index in [1.807, 2.05) is 25.1 Å². The number of pyridine rings is 1. The van der Waals surface area contributed by atoms with Crippen LogP contribution < -0.4 is 0 Å². The lowest BCUT2D eigenvalue weighted by molar-refractivity contribution is 0.986. The maximum Gasteiger partial charge on any atom is 0.0722 e. The van der Waals surface area contributed by atoms with E-state index in [9.17, 15) is 0 Å². The lowest BCUT2D eigenvalue weighted by atomic mass is 10.0. The predicted octanol–water partition coefficient (Wildman–Crippen LogP) is 4.32. The van der Waals surface area contributed by atoms with Crippen molar-refractivity contribution < 1.29 is 0 Å². The zero-order chi connectivity index (χ0) is 12.4. The highest BCUT2D eigenvalue weighted by atomic mass is 127. The second-order valence-electron chi connectivity index (χ2n) is 4.17. The van der Waals surface area contributed by atoms with Crippen LogP contribution in [0.4, 0.5) is 0 Å². The van der Waals surface area contributed by atoms with Gasteiger partial charge in [0.05, 0.1) is 5.52 Å². The Labute approximate surface area is 115 Å². The van der Waals surface area contributed by atoms with E-state index in [0.29, 0.717) is 5.71 Å². The molecule has 0 unspecified atom stereocenters. The van der Waals surface area contributed by atoms with Crippen molar-refractivity contribution >= 4 is 39.2 Å². The van der Waals surface area contributed by atoms with Gasteiger partial charge in [-0.3, -0.25) is 4.98 Å². The van der Waals surface area contributed by atoms with Crippen molar-refractivity contribution in [1.29, 1.82) is 5.41 Å².